The number of rotatable bonds is 4. The predicted octanol–water partition coefficient (Wildman–Crippen LogP) is 1.63. The number of hydrogen-bond acceptors (Lipinski definition) is 4. The molecular formula is C14H21FN2O3S. The topological polar surface area (TPSA) is 92.4 Å². The van der Waals surface area contributed by atoms with E-state index >= 15 is 0 Å². The molecule has 118 valence electrons. The SMILES string of the molecule is CC1CCC(O)(CNS(=O)(=O)c2cc(N)cc(F)c2)CC1. The van der Waals surface area contributed by atoms with E-state index < -0.39 is 21.4 Å². The summed E-state index contributed by atoms with van der Waals surface area (Å²) in [5.41, 5.74) is 4.47. The molecule has 1 fully saturated rings. The summed E-state index contributed by atoms with van der Waals surface area (Å²) in [6, 6.07) is 3.15. The first-order chi connectivity index (χ1) is 9.70. The smallest absolute Gasteiger partial charge is 0.240 e. The van der Waals surface area contributed by atoms with Crippen LogP contribution in [0, 0.1) is 11.7 Å². The van der Waals surface area contributed by atoms with Gasteiger partial charge < -0.3 is 10.8 Å². The molecular weight excluding hydrogens is 295 g/mol. The molecule has 1 aromatic rings. The van der Waals surface area contributed by atoms with Crippen molar-refractivity contribution >= 4 is 15.7 Å². The zero-order chi connectivity index (χ0) is 15.7. The van der Waals surface area contributed by atoms with Gasteiger partial charge in [-0.1, -0.05) is 6.92 Å². The third-order valence-electron chi connectivity index (χ3n) is 4.00. The van der Waals surface area contributed by atoms with Crippen LogP contribution in [0.15, 0.2) is 23.1 Å². The minimum atomic E-state index is -3.89. The maximum atomic E-state index is 13.3. The lowest BCUT2D eigenvalue weighted by Crippen LogP contribution is -2.45. The van der Waals surface area contributed by atoms with Crippen molar-refractivity contribution in [2.24, 2.45) is 5.92 Å². The highest BCUT2D eigenvalue weighted by Gasteiger charge is 2.33. The Morgan fingerprint density at radius 3 is 2.57 bits per heavy atom. The van der Waals surface area contributed by atoms with Crippen LogP contribution >= 0.6 is 0 Å². The molecule has 0 heterocycles. The monoisotopic (exact) mass is 316 g/mol. The Bertz CT molecular complexity index is 590. The molecule has 2 rings (SSSR count). The third-order valence-corrected chi connectivity index (χ3v) is 5.38. The highest BCUT2D eigenvalue weighted by Crippen LogP contribution is 2.31. The van der Waals surface area contributed by atoms with Crippen molar-refractivity contribution in [2.75, 3.05) is 12.3 Å². The quantitative estimate of drug-likeness (QED) is 0.736. The molecule has 1 saturated carbocycles. The number of aliphatic hydroxyl groups is 1. The Hall–Kier alpha value is -1.18. The maximum Gasteiger partial charge on any atom is 0.240 e. The highest BCUT2D eigenvalue weighted by molar-refractivity contribution is 7.89. The lowest BCUT2D eigenvalue weighted by atomic mass is 9.80. The second-order valence-corrected chi connectivity index (χ2v) is 7.72. The van der Waals surface area contributed by atoms with E-state index in [4.69, 9.17) is 5.73 Å². The Morgan fingerprint density at radius 1 is 1.38 bits per heavy atom. The lowest BCUT2D eigenvalue weighted by Gasteiger charge is -2.34. The van der Waals surface area contributed by atoms with Gasteiger partial charge in [0.25, 0.3) is 0 Å². The molecule has 5 nitrogen and oxygen atoms in total. The van der Waals surface area contributed by atoms with Crippen molar-refractivity contribution < 1.29 is 17.9 Å². The molecule has 0 bridgehead atoms. The maximum absolute atomic E-state index is 13.3. The molecule has 0 saturated heterocycles. The van der Waals surface area contributed by atoms with Crippen LogP contribution in [0.1, 0.15) is 32.6 Å². The first kappa shape index (κ1) is 16.2. The largest absolute Gasteiger partial charge is 0.399 e. The zero-order valence-electron chi connectivity index (χ0n) is 12.0. The van der Waals surface area contributed by atoms with Crippen LogP contribution in [0.25, 0.3) is 0 Å². The fraction of sp³-hybridized carbons (Fsp3) is 0.571. The van der Waals surface area contributed by atoms with Crippen LogP contribution in [0.2, 0.25) is 0 Å². The first-order valence-corrected chi connectivity index (χ1v) is 8.47. The summed E-state index contributed by atoms with van der Waals surface area (Å²) in [5, 5.41) is 10.4. The van der Waals surface area contributed by atoms with Gasteiger partial charge in [-0.3, -0.25) is 0 Å². The van der Waals surface area contributed by atoms with Gasteiger partial charge in [0.2, 0.25) is 10.0 Å². The molecule has 4 N–H and O–H groups in total. The van der Waals surface area contributed by atoms with E-state index in [0.717, 1.165) is 25.0 Å². The van der Waals surface area contributed by atoms with Crippen LogP contribution in [-0.2, 0) is 10.0 Å². The van der Waals surface area contributed by atoms with E-state index in [1.807, 2.05) is 0 Å². The van der Waals surface area contributed by atoms with Gasteiger partial charge >= 0.3 is 0 Å². The molecule has 1 aliphatic rings. The van der Waals surface area contributed by atoms with Gasteiger partial charge in [-0.25, -0.2) is 17.5 Å². The average Bonchev–Trinajstić information content (AvgIpc) is 2.40. The fourth-order valence-electron chi connectivity index (χ4n) is 2.53. The number of nitrogens with two attached hydrogens (primary N) is 1. The van der Waals surface area contributed by atoms with Gasteiger partial charge in [0.1, 0.15) is 5.82 Å². The number of nitrogens with one attached hydrogen (secondary N) is 1. The summed E-state index contributed by atoms with van der Waals surface area (Å²) < 4.78 is 39.9. The third kappa shape index (κ3) is 4.15. The summed E-state index contributed by atoms with van der Waals surface area (Å²) in [6.45, 7) is 2.04. The summed E-state index contributed by atoms with van der Waals surface area (Å²) in [7, 11) is -3.89. The molecule has 0 spiro atoms. The van der Waals surface area contributed by atoms with E-state index in [2.05, 4.69) is 11.6 Å². The number of nitrogen functional groups attached to an aromatic ring is 1. The normalized spacial score (nSPS) is 26.7. The molecule has 0 amide bonds. The molecule has 0 aromatic heterocycles. The summed E-state index contributed by atoms with van der Waals surface area (Å²) in [4.78, 5) is -0.229. The summed E-state index contributed by atoms with van der Waals surface area (Å²) >= 11 is 0. The van der Waals surface area contributed by atoms with Crippen molar-refractivity contribution in [1.82, 2.24) is 4.72 Å². The second kappa shape index (κ2) is 5.90. The van der Waals surface area contributed by atoms with Crippen LogP contribution in [-0.4, -0.2) is 25.7 Å². The van der Waals surface area contributed by atoms with Crippen molar-refractivity contribution in [2.45, 2.75) is 43.1 Å². The molecule has 0 unspecified atom stereocenters. The minimum Gasteiger partial charge on any atom is -0.399 e. The average molecular weight is 316 g/mol. The minimum absolute atomic E-state index is 0.0422. The lowest BCUT2D eigenvalue weighted by molar-refractivity contribution is -0.00182. The van der Waals surface area contributed by atoms with E-state index in [1.165, 1.54) is 6.07 Å². The van der Waals surface area contributed by atoms with Crippen LogP contribution in [0.5, 0.6) is 0 Å². The van der Waals surface area contributed by atoms with Crippen molar-refractivity contribution in [1.29, 1.82) is 0 Å². The molecule has 0 atom stereocenters. The first-order valence-electron chi connectivity index (χ1n) is 6.98. The summed E-state index contributed by atoms with van der Waals surface area (Å²) in [5.74, 6) is -0.162. The van der Waals surface area contributed by atoms with Crippen molar-refractivity contribution in [3.63, 3.8) is 0 Å². The van der Waals surface area contributed by atoms with Gasteiger partial charge in [0.15, 0.2) is 0 Å². The van der Waals surface area contributed by atoms with E-state index in [1.54, 1.807) is 0 Å². The van der Waals surface area contributed by atoms with Crippen molar-refractivity contribution in [3.05, 3.63) is 24.0 Å². The van der Waals surface area contributed by atoms with Gasteiger partial charge in [-0.15, -0.1) is 0 Å². The van der Waals surface area contributed by atoms with Crippen molar-refractivity contribution in [3.8, 4) is 0 Å². The number of anilines is 1. The van der Waals surface area contributed by atoms with E-state index in [9.17, 15) is 17.9 Å². The molecule has 0 aliphatic heterocycles. The van der Waals surface area contributed by atoms with Gasteiger partial charge in [-0.05, 0) is 49.8 Å². The van der Waals surface area contributed by atoms with E-state index in [-0.39, 0.29) is 17.1 Å². The molecule has 0 radical (unpaired) electrons. The van der Waals surface area contributed by atoms with Crippen LogP contribution < -0.4 is 10.5 Å². The van der Waals surface area contributed by atoms with Gasteiger partial charge in [0, 0.05) is 12.2 Å². The number of hydrogen-bond donors (Lipinski definition) is 3. The number of halogens is 1. The standard InChI is InChI=1S/C14H21FN2O3S/c1-10-2-4-14(18,5-3-10)9-17-21(19,20)13-7-11(15)6-12(16)8-13/h6-8,10,17-18H,2-5,9,16H2,1H3. The molecule has 21 heavy (non-hydrogen) atoms. The van der Waals surface area contributed by atoms with Crippen LogP contribution in [0.3, 0.4) is 0 Å². The number of benzene rings is 1. The molecule has 7 heteroatoms. The van der Waals surface area contributed by atoms with Crippen LogP contribution in [0.4, 0.5) is 10.1 Å². The highest BCUT2D eigenvalue weighted by atomic mass is 32.2. The van der Waals surface area contributed by atoms with E-state index in [0.29, 0.717) is 18.8 Å². The predicted molar refractivity (Wildman–Crippen MR) is 78.6 cm³/mol. The Balaban J connectivity index is 2.07. The fourth-order valence-corrected chi connectivity index (χ4v) is 3.71. The summed E-state index contributed by atoms with van der Waals surface area (Å²) in [6.07, 6.45) is 2.85. The number of sulfonamides is 1. The Kier molecular flexibility index (Phi) is 4.55. The molecule has 1 aliphatic carbocycles. The van der Waals surface area contributed by atoms with Gasteiger partial charge in [0.05, 0.1) is 10.5 Å². The molecule has 1 aromatic carbocycles. The van der Waals surface area contributed by atoms with Gasteiger partial charge in [-0.2, -0.15) is 0 Å². The Morgan fingerprint density at radius 2 is 2.00 bits per heavy atom. The second-order valence-electron chi connectivity index (χ2n) is 5.95. The zero-order valence-corrected chi connectivity index (χ0v) is 12.8. The Labute approximate surface area is 124 Å².